The van der Waals surface area contributed by atoms with Crippen molar-refractivity contribution in [3.8, 4) is 50.2 Å². The molecule has 0 N–H and O–H groups in total. The number of anilines is 3. The van der Waals surface area contributed by atoms with Crippen LogP contribution in [0.3, 0.4) is 0 Å². The maximum atomic E-state index is 4.35. The summed E-state index contributed by atoms with van der Waals surface area (Å²) in [6, 6.07) is 88.9. The Morgan fingerprint density at radius 2 is 0.764 bits per heavy atom. The minimum Gasteiger partial charge on any atom is -0.310 e. The Bertz CT molecular complexity index is 4310. The first-order valence-corrected chi connectivity index (χ1v) is 24.5. The highest BCUT2D eigenvalue weighted by Crippen LogP contribution is 2.50. The van der Waals surface area contributed by atoms with Crippen LogP contribution in [0.1, 0.15) is 0 Å². The minimum absolute atomic E-state index is 1.07. The number of benzene rings is 11. The maximum absolute atomic E-state index is 4.35. The highest BCUT2D eigenvalue weighted by molar-refractivity contribution is 6.25. The molecule has 14 rings (SSSR count). The second-order valence-corrected chi connectivity index (χ2v) is 18.6. The SMILES string of the molecule is c1ccc(N(c2ccc(-n3c4ccccc4c4ccccc43)cc2)c2cccc3c(-c4ccc(-c5ccc6cnccc6c5)cc4)c4ccccc4c(-c4ccc(-c5ccc6cnccc6c5)cc4)c23)cc1. The van der Waals surface area contributed by atoms with E-state index in [0.717, 1.165) is 44.6 Å². The molecule has 336 valence electrons. The van der Waals surface area contributed by atoms with Crippen LogP contribution in [0.15, 0.2) is 267 Å². The predicted octanol–water partition coefficient (Wildman–Crippen LogP) is 18.3. The fourth-order valence-corrected chi connectivity index (χ4v) is 11.1. The Kier molecular flexibility index (Phi) is 9.82. The summed E-state index contributed by atoms with van der Waals surface area (Å²) in [5.74, 6) is 0. The van der Waals surface area contributed by atoms with E-state index in [4.69, 9.17) is 0 Å². The van der Waals surface area contributed by atoms with E-state index in [2.05, 4.69) is 262 Å². The van der Waals surface area contributed by atoms with Gasteiger partial charge in [0.15, 0.2) is 0 Å². The molecule has 0 unspecified atom stereocenters. The number of fused-ring (bicyclic) bond motifs is 7. The summed E-state index contributed by atoms with van der Waals surface area (Å²) >= 11 is 0. The average molecular weight is 917 g/mol. The van der Waals surface area contributed by atoms with Crippen molar-refractivity contribution >= 4 is 82.0 Å². The van der Waals surface area contributed by atoms with Gasteiger partial charge in [-0.3, -0.25) is 9.97 Å². The summed E-state index contributed by atoms with van der Waals surface area (Å²) < 4.78 is 2.39. The molecule has 0 aliphatic rings. The molecular formula is C68H44N4. The number of nitrogens with zero attached hydrogens (tertiary/aromatic N) is 4. The van der Waals surface area contributed by atoms with Gasteiger partial charge in [-0.15, -0.1) is 0 Å². The molecule has 0 aliphatic carbocycles. The molecule has 0 atom stereocenters. The van der Waals surface area contributed by atoms with Crippen LogP contribution in [-0.2, 0) is 0 Å². The number of rotatable bonds is 8. The minimum atomic E-state index is 1.07. The molecule has 3 aromatic heterocycles. The van der Waals surface area contributed by atoms with Crippen molar-refractivity contribution in [3.63, 3.8) is 0 Å². The van der Waals surface area contributed by atoms with Crippen LogP contribution < -0.4 is 4.90 Å². The van der Waals surface area contributed by atoms with Crippen molar-refractivity contribution in [1.29, 1.82) is 0 Å². The van der Waals surface area contributed by atoms with E-state index in [1.165, 1.54) is 87.5 Å². The van der Waals surface area contributed by atoms with Gasteiger partial charge < -0.3 is 9.47 Å². The third kappa shape index (κ3) is 6.92. The van der Waals surface area contributed by atoms with Crippen LogP contribution in [-0.4, -0.2) is 14.5 Å². The van der Waals surface area contributed by atoms with Crippen molar-refractivity contribution < 1.29 is 0 Å². The van der Waals surface area contributed by atoms with Gasteiger partial charge in [0.1, 0.15) is 0 Å². The lowest BCUT2D eigenvalue weighted by Crippen LogP contribution is -2.11. The molecule has 72 heavy (non-hydrogen) atoms. The van der Waals surface area contributed by atoms with Gasteiger partial charge in [-0.25, -0.2) is 0 Å². The molecule has 0 aliphatic heterocycles. The Balaban J connectivity index is 0.988. The van der Waals surface area contributed by atoms with Crippen LogP contribution in [0, 0.1) is 0 Å². The fourth-order valence-electron chi connectivity index (χ4n) is 11.1. The maximum Gasteiger partial charge on any atom is 0.0546 e. The number of para-hydroxylation sites is 3. The predicted molar refractivity (Wildman–Crippen MR) is 303 cm³/mol. The average Bonchev–Trinajstić information content (AvgIpc) is 3.79. The molecule has 0 amide bonds. The molecule has 3 heterocycles. The van der Waals surface area contributed by atoms with Crippen molar-refractivity contribution in [2.75, 3.05) is 4.90 Å². The van der Waals surface area contributed by atoms with E-state index < -0.39 is 0 Å². The molecule has 14 aromatic rings. The van der Waals surface area contributed by atoms with E-state index in [-0.39, 0.29) is 0 Å². The van der Waals surface area contributed by atoms with Gasteiger partial charge in [-0.1, -0.05) is 164 Å². The summed E-state index contributed by atoms with van der Waals surface area (Å²) in [5.41, 5.74) is 16.2. The van der Waals surface area contributed by atoms with Crippen molar-refractivity contribution in [2.45, 2.75) is 0 Å². The van der Waals surface area contributed by atoms with E-state index in [0.29, 0.717) is 0 Å². The number of pyridine rings is 2. The van der Waals surface area contributed by atoms with Crippen molar-refractivity contribution in [3.05, 3.63) is 267 Å². The molecule has 0 fully saturated rings. The third-order valence-electron chi connectivity index (χ3n) is 14.5. The molecule has 4 nitrogen and oxygen atoms in total. The Labute approximate surface area is 417 Å². The Hall–Kier alpha value is -9.64. The van der Waals surface area contributed by atoms with Crippen LogP contribution in [0.2, 0.25) is 0 Å². The van der Waals surface area contributed by atoms with Crippen LogP contribution >= 0.6 is 0 Å². The molecule has 0 bridgehead atoms. The first-order chi connectivity index (χ1) is 35.7. The summed E-state index contributed by atoms with van der Waals surface area (Å²) in [6.45, 7) is 0. The van der Waals surface area contributed by atoms with E-state index in [1.807, 2.05) is 24.8 Å². The summed E-state index contributed by atoms with van der Waals surface area (Å²) in [7, 11) is 0. The van der Waals surface area contributed by atoms with Gasteiger partial charge in [0.25, 0.3) is 0 Å². The van der Waals surface area contributed by atoms with Gasteiger partial charge in [-0.05, 0) is 150 Å². The highest BCUT2D eigenvalue weighted by Gasteiger charge is 2.24. The lowest BCUT2D eigenvalue weighted by Gasteiger charge is -2.29. The largest absolute Gasteiger partial charge is 0.310 e. The normalized spacial score (nSPS) is 11.6. The van der Waals surface area contributed by atoms with E-state index in [1.54, 1.807) is 0 Å². The Morgan fingerprint density at radius 1 is 0.306 bits per heavy atom. The first kappa shape index (κ1) is 41.3. The Morgan fingerprint density at radius 3 is 1.35 bits per heavy atom. The second-order valence-electron chi connectivity index (χ2n) is 18.6. The van der Waals surface area contributed by atoms with Gasteiger partial charge >= 0.3 is 0 Å². The molecule has 0 spiro atoms. The zero-order valence-electron chi connectivity index (χ0n) is 39.2. The standard InChI is InChI=1S/C68H44N4/c1-2-11-55(12-3-1)71(56-33-35-57(36-34-56)72-63-18-8-6-13-58(63)59-14-7-9-19-64(59)72)65-20-10-17-62-66(47-25-21-45(22-26-47)49-29-31-53-43-69-39-37-51(53)41-49)60-15-4-5-16-61(60)67(68(62)65)48-27-23-46(24-28-48)50-30-32-54-44-70-40-38-52(54)42-50/h1-44H. The molecule has 4 heteroatoms. The highest BCUT2D eigenvalue weighted by atomic mass is 15.1. The zero-order chi connectivity index (χ0) is 47.5. The number of aromatic nitrogens is 3. The lowest BCUT2D eigenvalue weighted by atomic mass is 9.84. The first-order valence-electron chi connectivity index (χ1n) is 24.5. The topological polar surface area (TPSA) is 34.0 Å². The summed E-state index contributed by atoms with van der Waals surface area (Å²) in [4.78, 5) is 11.1. The summed E-state index contributed by atoms with van der Waals surface area (Å²) in [6.07, 6.45) is 7.58. The van der Waals surface area contributed by atoms with Gasteiger partial charge in [0.2, 0.25) is 0 Å². The quantitative estimate of drug-likeness (QED) is 0.142. The van der Waals surface area contributed by atoms with Crippen LogP contribution in [0.4, 0.5) is 17.1 Å². The second kappa shape index (κ2) is 17.1. The van der Waals surface area contributed by atoms with Crippen molar-refractivity contribution in [1.82, 2.24) is 14.5 Å². The molecule has 11 aromatic carbocycles. The van der Waals surface area contributed by atoms with Gasteiger partial charge in [-0.2, -0.15) is 0 Å². The van der Waals surface area contributed by atoms with Crippen LogP contribution in [0.25, 0.3) is 115 Å². The molecule has 0 saturated carbocycles. The smallest absolute Gasteiger partial charge is 0.0546 e. The van der Waals surface area contributed by atoms with E-state index >= 15 is 0 Å². The van der Waals surface area contributed by atoms with Gasteiger partial charge in [0, 0.05) is 68.8 Å². The molecule has 0 radical (unpaired) electrons. The lowest BCUT2D eigenvalue weighted by molar-refractivity contribution is 1.17. The summed E-state index contributed by atoms with van der Waals surface area (Å²) in [5, 5.41) is 11.9. The zero-order valence-corrected chi connectivity index (χ0v) is 39.2. The molecule has 0 saturated heterocycles. The van der Waals surface area contributed by atoms with Crippen molar-refractivity contribution in [2.24, 2.45) is 0 Å². The van der Waals surface area contributed by atoms with Crippen LogP contribution in [0.5, 0.6) is 0 Å². The number of hydrogen-bond acceptors (Lipinski definition) is 3. The monoisotopic (exact) mass is 916 g/mol. The third-order valence-corrected chi connectivity index (χ3v) is 14.5. The van der Waals surface area contributed by atoms with Gasteiger partial charge in [0.05, 0.1) is 16.7 Å². The van der Waals surface area contributed by atoms with E-state index in [9.17, 15) is 0 Å². The number of hydrogen-bond donors (Lipinski definition) is 0. The fraction of sp³-hybridized carbons (Fsp3) is 0. The molecular weight excluding hydrogens is 873 g/mol.